The number of phenolic OH excluding ortho intramolecular Hbond substituents is 1. The zero-order chi connectivity index (χ0) is 12.3. The summed E-state index contributed by atoms with van der Waals surface area (Å²) in [5.41, 5.74) is 1.50. The lowest BCUT2D eigenvalue weighted by Crippen LogP contribution is -2.04. The van der Waals surface area contributed by atoms with Crippen molar-refractivity contribution in [3.63, 3.8) is 0 Å². The van der Waals surface area contributed by atoms with E-state index in [0.717, 1.165) is 11.3 Å². The standard InChI is InChI=1S/C13H15NO3/c1-9(15)6-11-8-17-13(14-11)7-10-4-2-3-5-12(10)16/h2-5,8-9,15-16H,6-7H2,1H3. The van der Waals surface area contributed by atoms with Crippen molar-refractivity contribution < 1.29 is 14.6 Å². The number of aromatic nitrogens is 1. The van der Waals surface area contributed by atoms with Gasteiger partial charge < -0.3 is 14.6 Å². The van der Waals surface area contributed by atoms with Crippen molar-refractivity contribution in [2.75, 3.05) is 0 Å². The predicted octanol–water partition coefficient (Wildman–Crippen LogP) is 1.89. The van der Waals surface area contributed by atoms with Gasteiger partial charge in [0.1, 0.15) is 12.0 Å². The van der Waals surface area contributed by atoms with Crippen molar-refractivity contribution in [1.82, 2.24) is 4.98 Å². The minimum Gasteiger partial charge on any atom is -0.508 e. The third-order valence-electron chi connectivity index (χ3n) is 2.44. The van der Waals surface area contributed by atoms with Crippen molar-refractivity contribution in [2.45, 2.75) is 25.9 Å². The highest BCUT2D eigenvalue weighted by Gasteiger charge is 2.09. The van der Waals surface area contributed by atoms with Crippen LogP contribution < -0.4 is 0 Å². The van der Waals surface area contributed by atoms with E-state index in [9.17, 15) is 10.2 Å². The van der Waals surface area contributed by atoms with Crippen LogP contribution in [0.3, 0.4) is 0 Å². The molecule has 4 heteroatoms. The van der Waals surface area contributed by atoms with Gasteiger partial charge in [-0.2, -0.15) is 0 Å². The number of aliphatic hydroxyl groups excluding tert-OH is 1. The molecule has 1 heterocycles. The number of phenols is 1. The Morgan fingerprint density at radius 3 is 2.82 bits per heavy atom. The Labute approximate surface area is 99.6 Å². The molecule has 0 bridgehead atoms. The van der Waals surface area contributed by atoms with Crippen LogP contribution in [0.5, 0.6) is 5.75 Å². The van der Waals surface area contributed by atoms with E-state index in [1.54, 1.807) is 25.3 Å². The van der Waals surface area contributed by atoms with E-state index in [1.165, 1.54) is 0 Å². The van der Waals surface area contributed by atoms with Crippen LogP contribution in [-0.4, -0.2) is 21.3 Å². The molecule has 17 heavy (non-hydrogen) atoms. The van der Waals surface area contributed by atoms with Crippen molar-refractivity contribution in [2.24, 2.45) is 0 Å². The van der Waals surface area contributed by atoms with Crippen LogP contribution in [0.2, 0.25) is 0 Å². The Morgan fingerprint density at radius 1 is 1.35 bits per heavy atom. The molecule has 0 fully saturated rings. The summed E-state index contributed by atoms with van der Waals surface area (Å²) in [6, 6.07) is 7.09. The van der Waals surface area contributed by atoms with Crippen LogP contribution in [0, 0.1) is 0 Å². The van der Waals surface area contributed by atoms with E-state index in [4.69, 9.17) is 4.42 Å². The monoisotopic (exact) mass is 233 g/mol. The van der Waals surface area contributed by atoms with Crippen molar-refractivity contribution in [1.29, 1.82) is 0 Å². The Bertz CT molecular complexity index is 491. The third-order valence-corrected chi connectivity index (χ3v) is 2.44. The molecule has 0 aliphatic heterocycles. The van der Waals surface area contributed by atoms with Gasteiger partial charge in [0.2, 0.25) is 0 Å². The van der Waals surface area contributed by atoms with Crippen LogP contribution in [-0.2, 0) is 12.8 Å². The summed E-state index contributed by atoms with van der Waals surface area (Å²) in [7, 11) is 0. The number of nitrogens with zero attached hydrogens (tertiary/aromatic N) is 1. The topological polar surface area (TPSA) is 66.5 Å². The van der Waals surface area contributed by atoms with E-state index in [0.29, 0.717) is 18.7 Å². The highest BCUT2D eigenvalue weighted by atomic mass is 16.3. The number of para-hydroxylation sites is 1. The number of hydrogen-bond donors (Lipinski definition) is 2. The van der Waals surface area contributed by atoms with Gasteiger partial charge in [-0.25, -0.2) is 4.98 Å². The molecular weight excluding hydrogens is 218 g/mol. The van der Waals surface area contributed by atoms with Gasteiger partial charge in [0, 0.05) is 12.0 Å². The van der Waals surface area contributed by atoms with Gasteiger partial charge in [0.05, 0.1) is 18.2 Å². The summed E-state index contributed by atoms with van der Waals surface area (Å²) in [5.74, 6) is 0.782. The quantitative estimate of drug-likeness (QED) is 0.846. The highest BCUT2D eigenvalue weighted by Crippen LogP contribution is 2.19. The van der Waals surface area contributed by atoms with Crippen LogP contribution in [0.4, 0.5) is 0 Å². The minimum absolute atomic E-state index is 0.239. The first-order chi connectivity index (χ1) is 8.15. The fraction of sp³-hybridized carbons (Fsp3) is 0.308. The van der Waals surface area contributed by atoms with Gasteiger partial charge >= 0.3 is 0 Å². The van der Waals surface area contributed by atoms with E-state index in [-0.39, 0.29) is 5.75 Å². The molecule has 1 aromatic carbocycles. The van der Waals surface area contributed by atoms with Gasteiger partial charge in [-0.3, -0.25) is 0 Å². The van der Waals surface area contributed by atoms with Crippen molar-refractivity contribution in [3.05, 3.63) is 47.7 Å². The molecule has 2 rings (SSSR count). The van der Waals surface area contributed by atoms with E-state index >= 15 is 0 Å². The zero-order valence-electron chi connectivity index (χ0n) is 9.63. The molecule has 1 unspecified atom stereocenters. The largest absolute Gasteiger partial charge is 0.508 e. The van der Waals surface area contributed by atoms with Crippen LogP contribution in [0.1, 0.15) is 24.1 Å². The molecule has 90 valence electrons. The molecule has 0 aliphatic rings. The van der Waals surface area contributed by atoms with Crippen LogP contribution in [0.15, 0.2) is 34.9 Å². The number of benzene rings is 1. The van der Waals surface area contributed by atoms with Crippen molar-refractivity contribution in [3.8, 4) is 5.75 Å². The van der Waals surface area contributed by atoms with Gasteiger partial charge in [0.25, 0.3) is 0 Å². The Kier molecular flexibility index (Phi) is 3.44. The second kappa shape index (κ2) is 5.01. The summed E-state index contributed by atoms with van der Waals surface area (Å²) in [6.45, 7) is 1.71. The minimum atomic E-state index is -0.432. The maximum Gasteiger partial charge on any atom is 0.198 e. The summed E-state index contributed by atoms with van der Waals surface area (Å²) in [5, 5.41) is 18.8. The fourth-order valence-electron chi connectivity index (χ4n) is 1.65. The van der Waals surface area contributed by atoms with Gasteiger partial charge in [0.15, 0.2) is 5.89 Å². The smallest absolute Gasteiger partial charge is 0.198 e. The lowest BCUT2D eigenvalue weighted by atomic mass is 10.1. The molecule has 1 atom stereocenters. The maximum absolute atomic E-state index is 9.61. The summed E-state index contributed by atoms with van der Waals surface area (Å²) in [4.78, 5) is 4.25. The Balaban J connectivity index is 2.09. The number of oxazole rings is 1. The number of aliphatic hydroxyl groups is 1. The Hall–Kier alpha value is -1.81. The molecule has 0 spiro atoms. The molecule has 0 radical (unpaired) electrons. The molecule has 0 aliphatic carbocycles. The summed E-state index contributed by atoms with van der Waals surface area (Å²) >= 11 is 0. The average molecular weight is 233 g/mol. The van der Waals surface area contributed by atoms with Crippen LogP contribution >= 0.6 is 0 Å². The van der Waals surface area contributed by atoms with Gasteiger partial charge in [-0.1, -0.05) is 18.2 Å². The van der Waals surface area contributed by atoms with Crippen LogP contribution in [0.25, 0.3) is 0 Å². The summed E-state index contributed by atoms with van der Waals surface area (Å²) in [6.07, 6.45) is 2.04. The predicted molar refractivity (Wildman–Crippen MR) is 62.8 cm³/mol. The SMILES string of the molecule is CC(O)Cc1coc(Cc2ccccc2O)n1. The lowest BCUT2D eigenvalue weighted by molar-refractivity contribution is 0.194. The first-order valence-corrected chi connectivity index (χ1v) is 5.53. The van der Waals surface area contributed by atoms with E-state index < -0.39 is 6.10 Å². The van der Waals surface area contributed by atoms with E-state index in [2.05, 4.69) is 4.98 Å². The zero-order valence-corrected chi connectivity index (χ0v) is 9.63. The highest BCUT2D eigenvalue weighted by molar-refractivity contribution is 5.33. The average Bonchev–Trinajstić information content (AvgIpc) is 2.68. The molecule has 0 saturated heterocycles. The van der Waals surface area contributed by atoms with Gasteiger partial charge in [-0.05, 0) is 13.0 Å². The number of aromatic hydroxyl groups is 1. The number of rotatable bonds is 4. The molecule has 1 aromatic heterocycles. The molecule has 2 N–H and O–H groups in total. The summed E-state index contributed by atoms with van der Waals surface area (Å²) < 4.78 is 5.29. The second-order valence-corrected chi connectivity index (χ2v) is 4.09. The molecule has 0 saturated carbocycles. The Morgan fingerprint density at radius 2 is 2.12 bits per heavy atom. The third kappa shape index (κ3) is 3.07. The maximum atomic E-state index is 9.61. The molecule has 0 amide bonds. The fourth-order valence-corrected chi connectivity index (χ4v) is 1.65. The lowest BCUT2D eigenvalue weighted by Gasteiger charge is -2.00. The van der Waals surface area contributed by atoms with Crippen molar-refractivity contribution >= 4 is 0 Å². The van der Waals surface area contributed by atoms with Gasteiger partial charge in [-0.15, -0.1) is 0 Å². The second-order valence-electron chi connectivity index (χ2n) is 4.09. The molecule has 2 aromatic rings. The number of hydrogen-bond acceptors (Lipinski definition) is 4. The first-order valence-electron chi connectivity index (χ1n) is 5.53. The normalized spacial score (nSPS) is 12.6. The van der Waals surface area contributed by atoms with E-state index in [1.807, 2.05) is 12.1 Å². The first kappa shape index (κ1) is 11.7. The molecular formula is C13H15NO3. The molecule has 4 nitrogen and oxygen atoms in total.